The number of nitrogen functional groups attached to an aromatic ring is 1. The third-order valence-electron chi connectivity index (χ3n) is 2.18. The molecular weight excluding hydrogens is 230 g/mol. The number of anilines is 1. The summed E-state index contributed by atoms with van der Waals surface area (Å²) in [5, 5.41) is 0. The Morgan fingerprint density at radius 2 is 2.00 bits per heavy atom. The van der Waals surface area contributed by atoms with Crippen molar-refractivity contribution in [3.8, 4) is 0 Å². The van der Waals surface area contributed by atoms with E-state index in [9.17, 15) is 4.79 Å². The monoisotopic (exact) mass is 251 g/mol. The molecule has 100 valence electrons. The molecule has 1 aromatic carbocycles. The van der Waals surface area contributed by atoms with E-state index in [0.29, 0.717) is 12.3 Å². The number of carbonyl (C=O) groups excluding carboxylic acids is 1. The molecule has 4 nitrogen and oxygen atoms in total. The van der Waals surface area contributed by atoms with Crippen LogP contribution in [0.1, 0.15) is 26.3 Å². The highest BCUT2D eigenvalue weighted by Crippen LogP contribution is 2.08. The van der Waals surface area contributed by atoms with Gasteiger partial charge < -0.3 is 15.2 Å². The third-order valence-corrected chi connectivity index (χ3v) is 2.18. The van der Waals surface area contributed by atoms with Gasteiger partial charge in [0.1, 0.15) is 6.61 Å². The highest BCUT2D eigenvalue weighted by molar-refractivity contribution is 5.72. The van der Waals surface area contributed by atoms with Gasteiger partial charge in [0, 0.05) is 5.69 Å². The lowest BCUT2D eigenvalue weighted by molar-refractivity contribution is -0.146. The molecule has 0 aliphatic heterocycles. The van der Waals surface area contributed by atoms with E-state index in [4.69, 9.17) is 15.2 Å². The van der Waals surface area contributed by atoms with Crippen LogP contribution in [0.4, 0.5) is 5.69 Å². The van der Waals surface area contributed by atoms with Crippen LogP contribution >= 0.6 is 0 Å². The second kappa shape index (κ2) is 6.40. The molecule has 0 unspecified atom stereocenters. The van der Waals surface area contributed by atoms with E-state index >= 15 is 0 Å². The molecule has 0 aliphatic carbocycles. The van der Waals surface area contributed by atoms with Crippen molar-refractivity contribution in [2.45, 2.75) is 32.8 Å². The first kappa shape index (κ1) is 14.5. The number of carbonyl (C=O) groups is 1. The Balaban J connectivity index is 2.26. The minimum absolute atomic E-state index is 0.208. The van der Waals surface area contributed by atoms with Crippen LogP contribution in [0.15, 0.2) is 24.3 Å². The van der Waals surface area contributed by atoms with E-state index in [2.05, 4.69) is 0 Å². The molecule has 0 heterocycles. The van der Waals surface area contributed by atoms with Gasteiger partial charge in [-0.3, -0.25) is 4.79 Å². The van der Waals surface area contributed by atoms with Crippen molar-refractivity contribution in [1.82, 2.24) is 0 Å². The topological polar surface area (TPSA) is 61.5 Å². The molecule has 18 heavy (non-hydrogen) atoms. The Labute approximate surface area is 108 Å². The van der Waals surface area contributed by atoms with Gasteiger partial charge in [-0.25, -0.2) is 0 Å². The van der Waals surface area contributed by atoms with Crippen LogP contribution < -0.4 is 5.73 Å². The lowest BCUT2D eigenvalue weighted by Gasteiger charge is -2.19. The zero-order chi connectivity index (χ0) is 13.6. The van der Waals surface area contributed by atoms with Crippen LogP contribution in [-0.4, -0.2) is 24.8 Å². The summed E-state index contributed by atoms with van der Waals surface area (Å²) in [7, 11) is 0. The predicted octanol–water partition coefficient (Wildman–Crippen LogP) is 2.17. The number of hydrogen-bond donors (Lipinski definition) is 1. The van der Waals surface area contributed by atoms with Crippen molar-refractivity contribution in [3.05, 3.63) is 29.8 Å². The van der Waals surface area contributed by atoms with E-state index < -0.39 is 0 Å². The summed E-state index contributed by atoms with van der Waals surface area (Å²) in [6.07, 6.45) is 0.237. The first-order valence-electron chi connectivity index (χ1n) is 6.01. The molecule has 0 spiro atoms. The zero-order valence-electron chi connectivity index (χ0n) is 11.2. The number of rotatable bonds is 5. The summed E-state index contributed by atoms with van der Waals surface area (Å²) in [6, 6.07) is 7.23. The molecule has 0 atom stereocenters. The maximum Gasteiger partial charge on any atom is 0.310 e. The van der Waals surface area contributed by atoms with Crippen molar-refractivity contribution in [1.29, 1.82) is 0 Å². The number of esters is 1. The van der Waals surface area contributed by atoms with Gasteiger partial charge in [-0.15, -0.1) is 0 Å². The fourth-order valence-electron chi connectivity index (χ4n) is 1.42. The van der Waals surface area contributed by atoms with Crippen LogP contribution in [0.3, 0.4) is 0 Å². The maximum absolute atomic E-state index is 11.5. The Hall–Kier alpha value is -1.55. The summed E-state index contributed by atoms with van der Waals surface area (Å²) in [6.45, 7) is 6.56. The molecule has 0 bridgehead atoms. The van der Waals surface area contributed by atoms with E-state index in [-0.39, 0.29) is 24.6 Å². The lowest BCUT2D eigenvalue weighted by atomic mass is 10.1. The van der Waals surface area contributed by atoms with Crippen LogP contribution in [0.25, 0.3) is 0 Å². The van der Waals surface area contributed by atoms with E-state index in [1.165, 1.54) is 0 Å². The lowest BCUT2D eigenvalue weighted by Crippen LogP contribution is -2.23. The summed E-state index contributed by atoms with van der Waals surface area (Å²) in [5.41, 5.74) is 6.93. The van der Waals surface area contributed by atoms with Gasteiger partial charge in [-0.2, -0.15) is 0 Å². The molecule has 0 saturated heterocycles. The number of hydrogen-bond acceptors (Lipinski definition) is 4. The molecule has 0 radical (unpaired) electrons. The van der Waals surface area contributed by atoms with Crippen LogP contribution in [-0.2, 0) is 20.7 Å². The van der Waals surface area contributed by atoms with Gasteiger partial charge >= 0.3 is 5.97 Å². The van der Waals surface area contributed by atoms with Crippen molar-refractivity contribution in [2.24, 2.45) is 0 Å². The summed E-state index contributed by atoms with van der Waals surface area (Å²) in [4.78, 5) is 11.5. The van der Waals surface area contributed by atoms with E-state index in [1.807, 2.05) is 32.9 Å². The maximum atomic E-state index is 11.5. The fourth-order valence-corrected chi connectivity index (χ4v) is 1.42. The van der Waals surface area contributed by atoms with Gasteiger partial charge in [0.2, 0.25) is 0 Å². The molecule has 0 amide bonds. The number of nitrogens with two attached hydrogens (primary N) is 1. The smallest absolute Gasteiger partial charge is 0.310 e. The van der Waals surface area contributed by atoms with Gasteiger partial charge in [-0.05, 0) is 38.5 Å². The summed E-state index contributed by atoms with van der Waals surface area (Å²) >= 11 is 0. The van der Waals surface area contributed by atoms with Gasteiger partial charge in [0.15, 0.2) is 0 Å². The predicted molar refractivity (Wildman–Crippen MR) is 71.2 cm³/mol. The first-order valence-corrected chi connectivity index (χ1v) is 6.01. The van der Waals surface area contributed by atoms with E-state index in [0.717, 1.165) is 5.56 Å². The Kier molecular flexibility index (Phi) is 5.16. The Bertz CT molecular complexity index is 396. The van der Waals surface area contributed by atoms with Crippen LogP contribution in [0, 0.1) is 0 Å². The number of ether oxygens (including phenoxy) is 2. The first-order chi connectivity index (χ1) is 8.37. The molecule has 0 aliphatic rings. The quantitative estimate of drug-likeness (QED) is 0.495. The average Bonchev–Trinajstić information content (AvgIpc) is 2.23. The molecule has 1 rings (SSSR count). The van der Waals surface area contributed by atoms with Crippen molar-refractivity contribution in [2.75, 3.05) is 18.9 Å². The molecule has 0 saturated carbocycles. The molecule has 2 N–H and O–H groups in total. The highest BCUT2D eigenvalue weighted by Gasteiger charge is 2.10. The van der Waals surface area contributed by atoms with Gasteiger partial charge in [-0.1, -0.05) is 12.1 Å². The molecular formula is C14H21NO3. The van der Waals surface area contributed by atoms with Crippen LogP contribution in [0.5, 0.6) is 0 Å². The second-order valence-electron chi connectivity index (χ2n) is 5.10. The molecule has 4 heteroatoms. The molecule has 1 aromatic rings. The Morgan fingerprint density at radius 1 is 1.28 bits per heavy atom. The largest absolute Gasteiger partial charge is 0.463 e. The molecule has 0 fully saturated rings. The molecule has 0 aromatic heterocycles. The Morgan fingerprint density at radius 3 is 2.61 bits per heavy atom. The zero-order valence-corrected chi connectivity index (χ0v) is 11.2. The van der Waals surface area contributed by atoms with Crippen molar-refractivity contribution in [3.63, 3.8) is 0 Å². The third kappa shape index (κ3) is 6.25. The second-order valence-corrected chi connectivity index (χ2v) is 5.10. The highest BCUT2D eigenvalue weighted by atomic mass is 16.6. The van der Waals surface area contributed by atoms with E-state index in [1.54, 1.807) is 12.1 Å². The summed E-state index contributed by atoms with van der Waals surface area (Å²) in [5.74, 6) is -0.266. The van der Waals surface area contributed by atoms with Gasteiger partial charge in [0.25, 0.3) is 0 Å². The SMILES string of the molecule is CC(C)(C)OCCOC(=O)Cc1cccc(N)c1. The standard InChI is InChI=1S/C14H21NO3/c1-14(2,3)18-8-7-17-13(16)10-11-5-4-6-12(15)9-11/h4-6,9H,7-8,10,15H2,1-3H3. The summed E-state index contributed by atoms with van der Waals surface area (Å²) < 4.78 is 10.5. The van der Waals surface area contributed by atoms with Gasteiger partial charge in [0.05, 0.1) is 18.6 Å². The van der Waals surface area contributed by atoms with Crippen LogP contribution in [0.2, 0.25) is 0 Å². The minimum atomic E-state index is -0.266. The normalized spacial score (nSPS) is 11.3. The minimum Gasteiger partial charge on any atom is -0.463 e. The van der Waals surface area contributed by atoms with Crippen molar-refractivity contribution < 1.29 is 14.3 Å². The number of benzene rings is 1. The fraction of sp³-hybridized carbons (Fsp3) is 0.500. The van der Waals surface area contributed by atoms with Crippen molar-refractivity contribution >= 4 is 11.7 Å². The average molecular weight is 251 g/mol.